The Kier molecular flexibility index (Phi) is 4.99. The molecule has 0 spiro atoms. The van der Waals surface area contributed by atoms with Crippen LogP contribution in [0.4, 0.5) is 5.69 Å². The van der Waals surface area contributed by atoms with Gasteiger partial charge in [-0.05, 0) is 55.3 Å². The number of amides is 3. The van der Waals surface area contributed by atoms with Gasteiger partial charge in [0.2, 0.25) is 5.91 Å². The van der Waals surface area contributed by atoms with E-state index in [4.69, 9.17) is 0 Å². The summed E-state index contributed by atoms with van der Waals surface area (Å²) in [5.74, 6) is 0.660. The van der Waals surface area contributed by atoms with Crippen molar-refractivity contribution >= 4 is 35.2 Å². The zero-order chi connectivity index (χ0) is 18.8. The van der Waals surface area contributed by atoms with Crippen LogP contribution in [0.2, 0.25) is 0 Å². The highest BCUT2D eigenvalue weighted by Gasteiger charge is 2.34. The molecule has 2 aliphatic rings. The molecule has 0 aromatic heterocycles. The molecule has 6 heteroatoms. The molecule has 4 rings (SSSR count). The number of anilines is 1. The van der Waals surface area contributed by atoms with E-state index < -0.39 is 0 Å². The van der Waals surface area contributed by atoms with Gasteiger partial charge in [-0.2, -0.15) is 0 Å². The molecule has 1 fully saturated rings. The molecule has 1 aliphatic heterocycles. The summed E-state index contributed by atoms with van der Waals surface area (Å²) in [7, 11) is 0. The zero-order valence-corrected chi connectivity index (χ0v) is 15.6. The average Bonchev–Trinajstić information content (AvgIpc) is 3.50. The van der Waals surface area contributed by atoms with Crippen molar-refractivity contribution in [2.45, 2.75) is 24.2 Å². The molecule has 27 heavy (non-hydrogen) atoms. The van der Waals surface area contributed by atoms with Gasteiger partial charge >= 0.3 is 0 Å². The summed E-state index contributed by atoms with van der Waals surface area (Å²) in [5, 5.41) is 2.95. The Morgan fingerprint density at radius 1 is 1.04 bits per heavy atom. The van der Waals surface area contributed by atoms with Crippen molar-refractivity contribution in [2.24, 2.45) is 5.92 Å². The fourth-order valence-electron chi connectivity index (χ4n) is 3.11. The number of rotatable bonds is 7. The Bertz CT molecular complexity index is 873. The van der Waals surface area contributed by atoms with E-state index in [1.165, 1.54) is 4.90 Å². The molecule has 1 heterocycles. The first-order chi connectivity index (χ1) is 13.1. The quantitative estimate of drug-likeness (QED) is 0.451. The maximum absolute atomic E-state index is 12.3. The van der Waals surface area contributed by atoms with Crippen molar-refractivity contribution in [1.29, 1.82) is 0 Å². The smallest absolute Gasteiger partial charge is 0.261 e. The molecule has 0 unspecified atom stereocenters. The number of hydrogen-bond donors (Lipinski definition) is 1. The number of imide groups is 1. The Morgan fingerprint density at radius 3 is 2.41 bits per heavy atom. The number of fused-ring (bicyclic) bond motifs is 1. The number of carbonyl (C=O) groups excluding carboxylic acids is 3. The molecule has 2 aromatic rings. The third kappa shape index (κ3) is 3.90. The lowest BCUT2D eigenvalue weighted by Gasteiger charge is -2.13. The molecule has 0 radical (unpaired) electrons. The van der Waals surface area contributed by atoms with Crippen LogP contribution in [0.1, 0.15) is 40.0 Å². The van der Waals surface area contributed by atoms with Crippen LogP contribution in [0.15, 0.2) is 53.4 Å². The van der Waals surface area contributed by atoms with Gasteiger partial charge in [0, 0.05) is 23.0 Å². The Hall–Kier alpha value is -2.60. The van der Waals surface area contributed by atoms with Crippen LogP contribution in [-0.4, -0.2) is 34.9 Å². The van der Waals surface area contributed by atoms with Gasteiger partial charge in [0.15, 0.2) is 0 Å². The first-order valence-corrected chi connectivity index (χ1v) is 10.1. The first kappa shape index (κ1) is 17.8. The topological polar surface area (TPSA) is 66.5 Å². The molecule has 3 amide bonds. The summed E-state index contributed by atoms with van der Waals surface area (Å²) in [4.78, 5) is 38.9. The van der Waals surface area contributed by atoms with Gasteiger partial charge in [-0.3, -0.25) is 19.3 Å². The molecule has 0 bridgehead atoms. The van der Waals surface area contributed by atoms with Crippen molar-refractivity contribution in [3.05, 3.63) is 59.7 Å². The Balaban J connectivity index is 1.28. The molecule has 2 aromatic carbocycles. The predicted molar refractivity (Wildman–Crippen MR) is 105 cm³/mol. The summed E-state index contributed by atoms with van der Waals surface area (Å²) >= 11 is 1.65. The zero-order valence-electron chi connectivity index (χ0n) is 14.8. The van der Waals surface area contributed by atoms with E-state index in [2.05, 4.69) is 5.32 Å². The van der Waals surface area contributed by atoms with Gasteiger partial charge in [-0.15, -0.1) is 11.8 Å². The van der Waals surface area contributed by atoms with Crippen LogP contribution in [0.25, 0.3) is 0 Å². The molecular weight excluding hydrogens is 360 g/mol. The van der Waals surface area contributed by atoms with E-state index in [1.807, 2.05) is 24.3 Å². The Labute approximate surface area is 162 Å². The fraction of sp³-hybridized carbons (Fsp3) is 0.286. The highest BCUT2D eigenvalue weighted by molar-refractivity contribution is 7.99. The molecule has 1 aliphatic carbocycles. The lowest BCUT2D eigenvalue weighted by atomic mass is 10.1. The summed E-state index contributed by atoms with van der Waals surface area (Å²) in [6, 6.07) is 14.7. The molecule has 1 N–H and O–H groups in total. The van der Waals surface area contributed by atoms with E-state index in [0.29, 0.717) is 17.7 Å². The maximum Gasteiger partial charge on any atom is 0.261 e. The molecule has 1 saturated carbocycles. The number of nitrogens with one attached hydrogen (secondary N) is 1. The summed E-state index contributed by atoms with van der Waals surface area (Å²) in [5.41, 5.74) is 1.81. The lowest BCUT2D eigenvalue weighted by Crippen LogP contribution is -2.30. The normalized spacial score (nSPS) is 15.8. The minimum Gasteiger partial charge on any atom is -0.326 e. The lowest BCUT2D eigenvalue weighted by molar-refractivity contribution is -0.117. The van der Waals surface area contributed by atoms with Gasteiger partial charge in [-0.1, -0.05) is 18.2 Å². The highest BCUT2D eigenvalue weighted by Crippen LogP contribution is 2.31. The maximum atomic E-state index is 12.3. The van der Waals surface area contributed by atoms with E-state index >= 15 is 0 Å². The fourth-order valence-corrected chi connectivity index (χ4v) is 4.00. The van der Waals surface area contributed by atoms with Crippen LogP contribution < -0.4 is 5.32 Å². The van der Waals surface area contributed by atoms with E-state index in [9.17, 15) is 14.4 Å². The molecule has 0 atom stereocenters. The van der Waals surface area contributed by atoms with E-state index in [-0.39, 0.29) is 23.6 Å². The van der Waals surface area contributed by atoms with Gasteiger partial charge in [0.25, 0.3) is 11.8 Å². The van der Waals surface area contributed by atoms with Gasteiger partial charge < -0.3 is 5.32 Å². The standard InChI is InChI=1S/C21H20N2O3S/c24-19(14-9-10-14)22-15-5-3-6-16(13-15)27-12-4-11-23-20(25)17-7-1-2-8-18(17)21(23)26/h1-3,5-8,13-14H,4,9-12H2,(H,22,24). The predicted octanol–water partition coefficient (Wildman–Crippen LogP) is 3.81. The van der Waals surface area contributed by atoms with Crippen molar-refractivity contribution in [3.63, 3.8) is 0 Å². The first-order valence-electron chi connectivity index (χ1n) is 9.12. The van der Waals surface area contributed by atoms with Crippen molar-refractivity contribution < 1.29 is 14.4 Å². The average molecular weight is 380 g/mol. The summed E-state index contributed by atoms with van der Waals surface area (Å²) < 4.78 is 0. The second-order valence-corrected chi connectivity index (χ2v) is 7.97. The van der Waals surface area contributed by atoms with Gasteiger partial charge in [-0.25, -0.2) is 0 Å². The highest BCUT2D eigenvalue weighted by atomic mass is 32.2. The van der Waals surface area contributed by atoms with Gasteiger partial charge in [0.05, 0.1) is 11.1 Å². The molecule has 5 nitrogen and oxygen atoms in total. The second-order valence-electron chi connectivity index (χ2n) is 6.80. The molecule has 138 valence electrons. The van der Waals surface area contributed by atoms with Crippen LogP contribution in [0.5, 0.6) is 0 Å². The molecule has 0 saturated heterocycles. The third-order valence-electron chi connectivity index (χ3n) is 4.72. The van der Waals surface area contributed by atoms with Crippen LogP contribution in [0, 0.1) is 5.92 Å². The van der Waals surface area contributed by atoms with Gasteiger partial charge in [0.1, 0.15) is 0 Å². The number of thioether (sulfide) groups is 1. The second kappa shape index (κ2) is 7.56. The van der Waals surface area contributed by atoms with Crippen LogP contribution in [0.3, 0.4) is 0 Å². The molecular formula is C21H20N2O3S. The third-order valence-corrected chi connectivity index (χ3v) is 5.80. The van der Waals surface area contributed by atoms with Crippen molar-refractivity contribution in [3.8, 4) is 0 Å². The largest absolute Gasteiger partial charge is 0.326 e. The summed E-state index contributed by atoms with van der Waals surface area (Å²) in [6.07, 6.45) is 2.69. The van der Waals surface area contributed by atoms with E-state index in [0.717, 1.165) is 35.6 Å². The van der Waals surface area contributed by atoms with Crippen LogP contribution in [-0.2, 0) is 4.79 Å². The van der Waals surface area contributed by atoms with E-state index in [1.54, 1.807) is 36.0 Å². The number of nitrogens with zero attached hydrogens (tertiary/aromatic N) is 1. The van der Waals surface area contributed by atoms with Crippen molar-refractivity contribution in [1.82, 2.24) is 4.90 Å². The van der Waals surface area contributed by atoms with Crippen LogP contribution >= 0.6 is 11.8 Å². The minimum atomic E-state index is -0.203. The number of hydrogen-bond acceptors (Lipinski definition) is 4. The minimum absolute atomic E-state index is 0.0998. The number of carbonyl (C=O) groups is 3. The number of benzene rings is 2. The SMILES string of the molecule is O=C(Nc1cccc(SCCCN2C(=O)c3ccccc3C2=O)c1)C1CC1. The summed E-state index contributed by atoms with van der Waals surface area (Å²) in [6.45, 7) is 0.414. The van der Waals surface area contributed by atoms with Crippen molar-refractivity contribution in [2.75, 3.05) is 17.6 Å². The monoisotopic (exact) mass is 380 g/mol. The Morgan fingerprint density at radius 2 is 1.74 bits per heavy atom.